The van der Waals surface area contributed by atoms with Gasteiger partial charge < -0.3 is 19.3 Å². The monoisotopic (exact) mass is 398 g/mol. The second-order valence-electron chi connectivity index (χ2n) is 6.48. The van der Waals surface area contributed by atoms with E-state index in [9.17, 15) is 14.7 Å². The summed E-state index contributed by atoms with van der Waals surface area (Å²) in [4.78, 5) is 23.7. The SMILES string of the molecule is CCC(C)OC(=O)C(=Cc1ccc(OC)c(OCCc2ccccc2)c1)C(=O)O. The molecule has 154 valence electrons. The van der Waals surface area contributed by atoms with E-state index in [-0.39, 0.29) is 6.10 Å². The number of benzene rings is 2. The van der Waals surface area contributed by atoms with Crippen molar-refractivity contribution >= 4 is 18.0 Å². The minimum absolute atomic E-state index is 0.363. The highest BCUT2D eigenvalue weighted by Crippen LogP contribution is 2.29. The molecule has 0 aliphatic carbocycles. The molecular formula is C23H26O6. The molecule has 0 aliphatic heterocycles. The smallest absolute Gasteiger partial charge is 0.345 e. The zero-order valence-electron chi connectivity index (χ0n) is 16.9. The lowest BCUT2D eigenvalue weighted by molar-refractivity contribution is -0.147. The molecule has 2 aromatic rings. The summed E-state index contributed by atoms with van der Waals surface area (Å²) in [5.74, 6) is -1.22. The summed E-state index contributed by atoms with van der Waals surface area (Å²) in [6.45, 7) is 3.99. The fraction of sp³-hybridized carbons (Fsp3) is 0.304. The van der Waals surface area contributed by atoms with Crippen LogP contribution in [0.2, 0.25) is 0 Å². The number of carbonyl (C=O) groups is 2. The fourth-order valence-corrected chi connectivity index (χ4v) is 2.52. The molecular weight excluding hydrogens is 372 g/mol. The second kappa shape index (κ2) is 10.9. The summed E-state index contributed by atoms with van der Waals surface area (Å²) in [7, 11) is 1.53. The van der Waals surface area contributed by atoms with Crippen molar-refractivity contribution in [2.75, 3.05) is 13.7 Å². The standard InChI is InChI=1S/C23H26O6/c1-4-16(2)29-23(26)19(22(24)25)14-18-10-11-20(27-3)21(15-18)28-13-12-17-8-6-5-7-9-17/h5-11,14-16H,4,12-13H2,1-3H3,(H,24,25). The number of aliphatic carboxylic acids is 1. The molecule has 1 atom stereocenters. The number of esters is 1. The van der Waals surface area contributed by atoms with E-state index in [1.54, 1.807) is 25.1 Å². The van der Waals surface area contributed by atoms with Crippen LogP contribution in [0.3, 0.4) is 0 Å². The van der Waals surface area contributed by atoms with Crippen LogP contribution in [0.15, 0.2) is 54.1 Å². The molecule has 0 aliphatic rings. The van der Waals surface area contributed by atoms with Gasteiger partial charge in [0.25, 0.3) is 0 Å². The molecule has 0 spiro atoms. The Bertz CT molecular complexity index is 857. The van der Waals surface area contributed by atoms with Gasteiger partial charge in [-0.25, -0.2) is 9.59 Å². The van der Waals surface area contributed by atoms with E-state index in [0.717, 1.165) is 5.56 Å². The third kappa shape index (κ3) is 6.68. The quantitative estimate of drug-likeness (QED) is 0.280. The van der Waals surface area contributed by atoms with Gasteiger partial charge in [-0.05, 0) is 42.7 Å². The van der Waals surface area contributed by atoms with Crippen LogP contribution in [0.5, 0.6) is 11.5 Å². The molecule has 0 radical (unpaired) electrons. The highest BCUT2D eigenvalue weighted by Gasteiger charge is 2.21. The van der Waals surface area contributed by atoms with Crippen molar-refractivity contribution in [2.24, 2.45) is 0 Å². The first-order valence-corrected chi connectivity index (χ1v) is 9.45. The van der Waals surface area contributed by atoms with Crippen LogP contribution in [0.4, 0.5) is 0 Å². The van der Waals surface area contributed by atoms with Gasteiger partial charge in [-0.2, -0.15) is 0 Å². The number of ether oxygens (including phenoxy) is 3. The number of carboxylic acids is 1. The van der Waals surface area contributed by atoms with Crippen LogP contribution in [0.1, 0.15) is 31.4 Å². The molecule has 6 nitrogen and oxygen atoms in total. The first kappa shape index (κ1) is 22.0. The van der Waals surface area contributed by atoms with Crippen molar-refractivity contribution in [2.45, 2.75) is 32.8 Å². The fourth-order valence-electron chi connectivity index (χ4n) is 2.52. The molecule has 6 heteroatoms. The third-order valence-corrected chi connectivity index (χ3v) is 4.32. The van der Waals surface area contributed by atoms with Crippen molar-refractivity contribution in [3.05, 3.63) is 65.2 Å². The van der Waals surface area contributed by atoms with Crippen LogP contribution < -0.4 is 9.47 Å². The van der Waals surface area contributed by atoms with Gasteiger partial charge in [0.1, 0.15) is 5.57 Å². The van der Waals surface area contributed by atoms with Crippen LogP contribution in [-0.2, 0) is 20.7 Å². The Morgan fingerprint density at radius 1 is 1.10 bits per heavy atom. The summed E-state index contributed by atoms with van der Waals surface area (Å²) in [5, 5.41) is 9.40. The van der Waals surface area contributed by atoms with Gasteiger partial charge in [-0.3, -0.25) is 0 Å². The summed E-state index contributed by atoms with van der Waals surface area (Å²) < 4.78 is 16.3. The predicted molar refractivity (Wildman–Crippen MR) is 110 cm³/mol. The van der Waals surface area contributed by atoms with Crippen LogP contribution in [0, 0.1) is 0 Å². The predicted octanol–water partition coefficient (Wildman–Crippen LogP) is 4.13. The van der Waals surface area contributed by atoms with Crippen LogP contribution in [0.25, 0.3) is 6.08 Å². The number of hydrogen-bond donors (Lipinski definition) is 1. The van der Waals surface area contributed by atoms with Crippen LogP contribution in [-0.4, -0.2) is 36.9 Å². The number of rotatable bonds is 10. The molecule has 0 bridgehead atoms. The largest absolute Gasteiger partial charge is 0.493 e. The van der Waals surface area contributed by atoms with E-state index in [1.807, 2.05) is 37.3 Å². The van der Waals surface area contributed by atoms with E-state index in [4.69, 9.17) is 14.2 Å². The highest BCUT2D eigenvalue weighted by atomic mass is 16.5. The Kier molecular flexibility index (Phi) is 8.27. The first-order valence-electron chi connectivity index (χ1n) is 9.45. The lowest BCUT2D eigenvalue weighted by atomic mass is 10.1. The van der Waals surface area contributed by atoms with Crippen molar-refractivity contribution in [3.63, 3.8) is 0 Å². The Hall–Kier alpha value is -3.28. The average molecular weight is 398 g/mol. The normalized spacial score (nSPS) is 12.2. The van der Waals surface area contributed by atoms with Gasteiger partial charge in [0.2, 0.25) is 0 Å². The molecule has 0 aromatic heterocycles. The zero-order valence-corrected chi connectivity index (χ0v) is 16.9. The van der Waals surface area contributed by atoms with Crippen molar-refractivity contribution < 1.29 is 28.9 Å². The molecule has 2 aromatic carbocycles. The lowest BCUT2D eigenvalue weighted by Gasteiger charge is -2.13. The third-order valence-electron chi connectivity index (χ3n) is 4.32. The maximum Gasteiger partial charge on any atom is 0.345 e. The van der Waals surface area contributed by atoms with Crippen molar-refractivity contribution in [3.8, 4) is 11.5 Å². The minimum atomic E-state index is -1.35. The summed E-state index contributed by atoms with van der Waals surface area (Å²) in [6.07, 6.45) is 2.22. The molecule has 29 heavy (non-hydrogen) atoms. The second-order valence-corrected chi connectivity index (χ2v) is 6.48. The van der Waals surface area contributed by atoms with E-state index in [1.165, 1.54) is 13.2 Å². The van der Waals surface area contributed by atoms with Gasteiger partial charge in [-0.15, -0.1) is 0 Å². The Balaban J connectivity index is 2.19. The number of carboxylic acid groups (broad SMARTS) is 1. The molecule has 0 heterocycles. The van der Waals surface area contributed by atoms with Crippen LogP contribution >= 0.6 is 0 Å². The molecule has 1 unspecified atom stereocenters. The molecule has 2 rings (SSSR count). The Labute approximate surface area is 170 Å². The first-order chi connectivity index (χ1) is 13.9. The number of carbonyl (C=O) groups excluding carboxylic acids is 1. The van der Waals surface area contributed by atoms with E-state index < -0.39 is 17.5 Å². The van der Waals surface area contributed by atoms with E-state index >= 15 is 0 Å². The summed E-state index contributed by atoms with van der Waals surface area (Å²) >= 11 is 0. The van der Waals surface area contributed by atoms with Gasteiger partial charge in [0, 0.05) is 6.42 Å². The Morgan fingerprint density at radius 3 is 2.45 bits per heavy atom. The summed E-state index contributed by atoms with van der Waals surface area (Å²) in [6, 6.07) is 14.9. The maximum absolute atomic E-state index is 12.2. The molecule has 1 N–H and O–H groups in total. The zero-order chi connectivity index (χ0) is 21.2. The van der Waals surface area contributed by atoms with Crippen molar-refractivity contribution in [1.29, 1.82) is 0 Å². The van der Waals surface area contributed by atoms with Gasteiger partial charge in [0.05, 0.1) is 19.8 Å². The molecule has 0 amide bonds. The van der Waals surface area contributed by atoms with Crippen molar-refractivity contribution in [1.82, 2.24) is 0 Å². The number of hydrogen-bond acceptors (Lipinski definition) is 5. The number of methoxy groups -OCH3 is 1. The van der Waals surface area contributed by atoms with E-state index in [2.05, 4.69) is 0 Å². The minimum Gasteiger partial charge on any atom is -0.493 e. The van der Waals surface area contributed by atoms with E-state index in [0.29, 0.717) is 36.5 Å². The summed E-state index contributed by atoms with van der Waals surface area (Å²) in [5.41, 5.74) is 1.20. The lowest BCUT2D eigenvalue weighted by Crippen LogP contribution is -2.20. The van der Waals surface area contributed by atoms with Gasteiger partial charge in [-0.1, -0.05) is 43.3 Å². The Morgan fingerprint density at radius 2 is 1.83 bits per heavy atom. The maximum atomic E-state index is 12.2. The topological polar surface area (TPSA) is 82.1 Å². The molecule has 0 saturated carbocycles. The van der Waals surface area contributed by atoms with Gasteiger partial charge >= 0.3 is 11.9 Å². The average Bonchev–Trinajstić information content (AvgIpc) is 2.72. The van der Waals surface area contributed by atoms with Gasteiger partial charge in [0.15, 0.2) is 11.5 Å². The highest BCUT2D eigenvalue weighted by molar-refractivity contribution is 6.17. The molecule has 0 fully saturated rings. The molecule has 0 saturated heterocycles.